The van der Waals surface area contributed by atoms with E-state index in [9.17, 15) is 17.6 Å². The largest absolute Gasteiger partial charge is 0.419 e. The Morgan fingerprint density at radius 3 is 2.52 bits per heavy atom. The van der Waals surface area contributed by atoms with Crippen LogP contribution in [0.15, 0.2) is 12.1 Å². The van der Waals surface area contributed by atoms with Crippen LogP contribution in [0.2, 0.25) is 0 Å². The molecule has 0 aliphatic carbocycles. The highest BCUT2D eigenvalue weighted by atomic mass is 19.4. The smallest absolute Gasteiger partial charge is 0.338 e. The molecule has 0 amide bonds. The summed E-state index contributed by atoms with van der Waals surface area (Å²) < 4.78 is 54.5. The first-order valence-corrected chi connectivity index (χ1v) is 7.74. The molecule has 1 aliphatic heterocycles. The van der Waals surface area contributed by atoms with Gasteiger partial charge in [0.15, 0.2) is 5.65 Å². The standard InChI is InChI=1S/C15H14F4N6/c1-8-21-13-9-6-10(15(17,18)19)11(16)7-12(9)22-14(25(13)23-8)24-4-2-20-3-5-24/h6-7,20H,2-5H2,1H3. The van der Waals surface area contributed by atoms with E-state index in [1.807, 2.05) is 4.90 Å². The molecule has 0 saturated carbocycles. The van der Waals surface area contributed by atoms with Crippen molar-refractivity contribution < 1.29 is 17.6 Å². The molecule has 10 heteroatoms. The van der Waals surface area contributed by atoms with Crippen LogP contribution in [0.25, 0.3) is 16.6 Å². The normalized spacial score (nSPS) is 16.1. The average molecular weight is 354 g/mol. The van der Waals surface area contributed by atoms with Gasteiger partial charge in [-0.25, -0.2) is 14.4 Å². The molecule has 132 valence electrons. The Bertz CT molecular complexity index is 958. The van der Waals surface area contributed by atoms with E-state index in [2.05, 4.69) is 20.4 Å². The number of benzene rings is 1. The fraction of sp³-hybridized carbons (Fsp3) is 0.400. The van der Waals surface area contributed by atoms with Crippen molar-refractivity contribution in [2.45, 2.75) is 13.1 Å². The van der Waals surface area contributed by atoms with Gasteiger partial charge < -0.3 is 10.2 Å². The predicted molar refractivity (Wildman–Crippen MR) is 83.1 cm³/mol. The van der Waals surface area contributed by atoms with Crippen LogP contribution in [0.1, 0.15) is 11.4 Å². The number of hydrogen-bond donors (Lipinski definition) is 1. The van der Waals surface area contributed by atoms with E-state index in [1.54, 1.807) is 6.92 Å². The second-order valence-electron chi connectivity index (χ2n) is 5.89. The second kappa shape index (κ2) is 5.51. The summed E-state index contributed by atoms with van der Waals surface area (Å²) in [4.78, 5) is 10.6. The van der Waals surface area contributed by atoms with Crippen LogP contribution in [0.4, 0.5) is 23.5 Å². The highest BCUT2D eigenvalue weighted by Crippen LogP contribution is 2.35. The summed E-state index contributed by atoms with van der Waals surface area (Å²) in [6.07, 6.45) is -4.79. The Kier molecular flexibility index (Phi) is 3.53. The maximum atomic E-state index is 14.0. The van der Waals surface area contributed by atoms with Crippen LogP contribution in [-0.4, -0.2) is 45.8 Å². The first kappa shape index (κ1) is 16.0. The molecule has 2 aromatic heterocycles. The van der Waals surface area contributed by atoms with E-state index in [4.69, 9.17) is 0 Å². The third kappa shape index (κ3) is 2.66. The fourth-order valence-electron chi connectivity index (χ4n) is 3.01. The third-order valence-electron chi connectivity index (χ3n) is 4.15. The molecule has 0 spiro atoms. The lowest BCUT2D eigenvalue weighted by molar-refractivity contribution is -0.139. The van der Waals surface area contributed by atoms with Gasteiger partial charge in [-0.3, -0.25) is 0 Å². The number of aryl methyl sites for hydroxylation is 1. The Balaban J connectivity index is 2.01. The third-order valence-corrected chi connectivity index (χ3v) is 4.15. The number of piperazine rings is 1. The monoisotopic (exact) mass is 354 g/mol. The fourth-order valence-corrected chi connectivity index (χ4v) is 3.01. The maximum absolute atomic E-state index is 14.0. The summed E-state index contributed by atoms with van der Waals surface area (Å²) in [5, 5.41) is 7.59. The Hall–Kier alpha value is -2.49. The van der Waals surface area contributed by atoms with E-state index in [0.29, 0.717) is 24.9 Å². The maximum Gasteiger partial charge on any atom is 0.419 e. The second-order valence-corrected chi connectivity index (χ2v) is 5.89. The number of aromatic nitrogens is 4. The molecule has 6 nitrogen and oxygen atoms in total. The Morgan fingerprint density at radius 2 is 1.84 bits per heavy atom. The molecule has 3 heterocycles. The summed E-state index contributed by atoms with van der Waals surface area (Å²) >= 11 is 0. The summed E-state index contributed by atoms with van der Waals surface area (Å²) in [6, 6.07) is 1.57. The zero-order chi connectivity index (χ0) is 17.8. The van der Waals surface area contributed by atoms with Gasteiger partial charge in [0.25, 0.3) is 0 Å². The van der Waals surface area contributed by atoms with Crippen LogP contribution in [0, 0.1) is 12.7 Å². The molecule has 1 fully saturated rings. The molecule has 1 N–H and O–H groups in total. The van der Waals surface area contributed by atoms with E-state index < -0.39 is 17.6 Å². The van der Waals surface area contributed by atoms with Gasteiger partial charge in [0.1, 0.15) is 11.6 Å². The number of hydrogen-bond acceptors (Lipinski definition) is 5. The Morgan fingerprint density at radius 1 is 1.12 bits per heavy atom. The van der Waals surface area contributed by atoms with Crippen LogP contribution in [0.3, 0.4) is 0 Å². The molecular formula is C15H14F4N6. The zero-order valence-electron chi connectivity index (χ0n) is 13.2. The van der Waals surface area contributed by atoms with Gasteiger partial charge in [-0.15, -0.1) is 5.10 Å². The number of halogens is 4. The van der Waals surface area contributed by atoms with Crippen molar-refractivity contribution >= 4 is 22.5 Å². The molecule has 4 rings (SSSR count). The summed E-state index contributed by atoms with van der Waals surface area (Å²) in [5.41, 5.74) is -0.972. The molecular weight excluding hydrogens is 340 g/mol. The lowest BCUT2D eigenvalue weighted by Crippen LogP contribution is -2.44. The van der Waals surface area contributed by atoms with Crippen LogP contribution in [0.5, 0.6) is 0 Å². The van der Waals surface area contributed by atoms with Gasteiger partial charge in [-0.05, 0) is 13.0 Å². The van der Waals surface area contributed by atoms with Crippen molar-refractivity contribution in [3.05, 3.63) is 29.3 Å². The number of nitrogens with zero attached hydrogens (tertiary/aromatic N) is 5. The van der Waals surface area contributed by atoms with E-state index in [0.717, 1.165) is 25.2 Å². The Labute approximate surface area is 139 Å². The molecule has 0 radical (unpaired) electrons. The highest BCUT2D eigenvalue weighted by molar-refractivity contribution is 5.93. The van der Waals surface area contributed by atoms with Crippen molar-refractivity contribution in [3.63, 3.8) is 0 Å². The molecule has 1 aliphatic rings. The van der Waals surface area contributed by atoms with Gasteiger partial charge in [0, 0.05) is 37.6 Å². The van der Waals surface area contributed by atoms with E-state index in [1.165, 1.54) is 4.52 Å². The van der Waals surface area contributed by atoms with Crippen LogP contribution >= 0.6 is 0 Å². The van der Waals surface area contributed by atoms with Gasteiger partial charge >= 0.3 is 6.18 Å². The van der Waals surface area contributed by atoms with E-state index >= 15 is 0 Å². The van der Waals surface area contributed by atoms with Crippen molar-refractivity contribution in [1.82, 2.24) is 24.9 Å². The molecule has 1 saturated heterocycles. The van der Waals surface area contributed by atoms with Gasteiger partial charge in [0.05, 0.1) is 11.1 Å². The SMILES string of the molecule is Cc1nc2c3cc(C(F)(F)F)c(F)cc3nc(N3CCNCC3)n2n1. The predicted octanol–water partition coefficient (Wildman–Crippen LogP) is 2.15. The minimum absolute atomic E-state index is 0.119. The number of nitrogens with one attached hydrogen (secondary N) is 1. The number of fused-ring (bicyclic) bond motifs is 3. The number of rotatable bonds is 1. The molecule has 1 aromatic carbocycles. The lowest BCUT2D eigenvalue weighted by Gasteiger charge is -2.28. The summed E-state index contributed by atoms with van der Waals surface area (Å²) in [7, 11) is 0. The topological polar surface area (TPSA) is 58.4 Å². The average Bonchev–Trinajstić information content (AvgIpc) is 2.94. The first-order valence-electron chi connectivity index (χ1n) is 7.74. The summed E-state index contributed by atoms with van der Waals surface area (Å²) in [6.45, 7) is 4.46. The van der Waals surface area contributed by atoms with Crippen LogP contribution < -0.4 is 10.2 Å². The highest BCUT2D eigenvalue weighted by Gasteiger charge is 2.35. The minimum atomic E-state index is -4.79. The molecule has 25 heavy (non-hydrogen) atoms. The van der Waals surface area contributed by atoms with Gasteiger partial charge in [-0.2, -0.15) is 17.7 Å². The van der Waals surface area contributed by atoms with Crippen molar-refractivity contribution in [2.75, 3.05) is 31.1 Å². The zero-order valence-corrected chi connectivity index (χ0v) is 13.2. The summed E-state index contributed by atoms with van der Waals surface area (Å²) in [5.74, 6) is -0.494. The first-order chi connectivity index (χ1) is 11.8. The van der Waals surface area contributed by atoms with Gasteiger partial charge in [0.2, 0.25) is 5.95 Å². The lowest BCUT2D eigenvalue weighted by atomic mass is 10.1. The van der Waals surface area contributed by atoms with E-state index in [-0.39, 0.29) is 16.6 Å². The van der Waals surface area contributed by atoms with Crippen molar-refractivity contribution in [3.8, 4) is 0 Å². The molecule has 0 bridgehead atoms. The van der Waals surface area contributed by atoms with Crippen LogP contribution in [-0.2, 0) is 6.18 Å². The molecule has 0 unspecified atom stereocenters. The number of anilines is 1. The minimum Gasteiger partial charge on any atom is -0.338 e. The number of alkyl halides is 3. The quantitative estimate of drug-likeness (QED) is 0.679. The van der Waals surface area contributed by atoms with Crippen molar-refractivity contribution in [1.29, 1.82) is 0 Å². The van der Waals surface area contributed by atoms with Crippen molar-refractivity contribution in [2.24, 2.45) is 0 Å². The molecule has 0 atom stereocenters. The molecule has 3 aromatic rings. The van der Waals surface area contributed by atoms with Gasteiger partial charge in [-0.1, -0.05) is 0 Å².